The second-order valence-electron chi connectivity index (χ2n) is 7.47. The molecule has 0 saturated carbocycles. The fourth-order valence-electron chi connectivity index (χ4n) is 3.16. The summed E-state index contributed by atoms with van der Waals surface area (Å²) in [6, 6.07) is 15.9. The highest BCUT2D eigenvalue weighted by Gasteiger charge is 2.12. The zero-order valence-electron chi connectivity index (χ0n) is 17.5. The van der Waals surface area contributed by atoms with Crippen LogP contribution in [-0.4, -0.2) is 26.5 Å². The highest BCUT2D eigenvalue weighted by atomic mass is 32.1. The van der Waals surface area contributed by atoms with E-state index in [-0.39, 0.29) is 12.0 Å². The first-order valence-electron chi connectivity index (χ1n) is 10.1. The van der Waals surface area contributed by atoms with E-state index in [9.17, 15) is 4.79 Å². The van der Waals surface area contributed by atoms with Gasteiger partial charge in [-0.2, -0.15) is 0 Å². The molecule has 6 nitrogen and oxygen atoms in total. The molecule has 0 bridgehead atoms. The van der Waals surface area contributed by atoms with Crippen molar-refractivity contribution in [2.75, 3.05) is 0 Å². The molecule has 0 aliphatic rings. The summed E-state index contributed by atoms with van der Waals surface area (Å²) in [5, 5.41) is 5.56. The third-order valence-corrected chi connectivity index (χ3v) is 5.47. The number of hydrogen-bond donors (Lipinski definition) is 1. The molecule has 0 aliphatic heterocycles. The third-order valence-electron chi connectivity index (χ3n) is 4.58. The molecule has 31 heavy (non-hydrogen) atoms. The first-order valence-corrected chi connectivity index (χ1v) is 11.0. The van der Waals surface area contributed by atoms with E-state index < -0.39 is 0 Å². The second-order valence-corrected chi connectivity index (χ2v) is 8.32. The summed E-state index contributed by atoms with van der Waals surface area (Å²) in [4.78, 5) is 21.2. The Kier molecular flexibility index (Phi) is 6.43. The monoisotopic (exact) mass is 432 g/mol. The molecule has 0 atom stereocenters. The minimum atomic E-state index is -0.178. The van der Waals surface area contributed by atoms with Crippen molar-refractivity contribution < 1.29 is 9.53 Å². The Labute approximate surface area is 185 Å². The van der Waals surface area contributed by atoms with Gasteiger partial charge in [0.05, 0.1) is 12.4 Å². The SMILES string of the molecule is CC(C)Oc1ccc(-c2nc(C(=O)NCc3cccc(Cn4ccnc4)c3)cs2)cc1. The van der Waals surface area contributed by atoms with Crippen LogP contribution in [-0.2, 0) is 13.1 Å². The van der Waals surface area contributed by atoms with Crippen molar-refractivity contribution in [3.8, 4) is 16.3 Å². The standard InChI is InChI=1S/C24H24N4O2S/c1-17(2)30-21-8-6-20(7-9-21)24-27-22(15-31-24)23(29)26-13-18-4-3-5-19(12-18)14-28-11-10-25-16-28/h3-12,15-17H,13-14H2,1-2H3,(H,26,29). The van der Waals surface area contributed by atoms with Gasteiger partial charge in [-0.1, -0.05) is 24.3 Å². The van der Waals surface area contributed by atoms with Gasteiger partial charge < -0.3 is 14.6 Å². The van der Waals surface area contributed by atoms with Crippen molar-refractivity contribution in [1.82, 2.24) is 19.9 Å². The first-order chi connectivity index (χ1) is 15.1. The molecule has 0 spiro atoms. The normalized spacial score (nSPS) is 10.9. The summed E-state index contributed by atoms with van der Waals surface area (Å²) in [5.74, 6) is 0.644. The number of nitrogens with zero attached hydrogens (tertiary/aromatic N) is 3. The molecule has 4 rings (SSSR count). The van der Waals surface area contributed by atoms with E-state index in [0.29, 0.717) is 12.2 Å². The Morgan fingerprint density at radius 1 is 1.16 bits per heavy atom. The van der Waals surface area contributed by atoms with Gasteiger partial charge >= 0.3 is 0 Å². The van der Waals surface area contributed by atoms with E-state index in [4.69, 9.17) is 4.74 Å². The van der Waals surface area contributed by atoms with E-state index in [1.54, 1.807) is 17.9 Å². The van der Waals surface area contributed by atoms with Crippen LogP contribution >= 0.6 is 11.3 Å². The van der Waals surface area contributed by atoms with Crippen LogP contribution in [0.15, 0.2) is 72.6 Å². The van der Waals surface area contributed by atoms with Gasteiger partial charge in [0.2, 0.25) is 0 Å². The molecule has 0 fully saturated rings. The van der Waals surface area contributed by atoms with Gasteiger partial charge in [-0.15, -0.1) is 11.3 Å². The summed E-state index contributed by atoms with van der Waals surface area (Å²) in [5.41, 5.74) is 3.59. The van der Waals surface area contributed by atoms with E-state index in [2.05, 4.69) is 27.4 Å². The number of imidazole rings is 1. The summed E-state index contributed by atoms with van der Waals surface area (Å²) in [7, 11) is 0. The number of benzene rings is 2. The highest BCUT2D eigenvalue weighted by Crippen LogP contribution is 2.26. The average Bonchev–Trinajstić information content (AvgIpc) is 3.45. The molecule has 4 aromatic rings. The van der Waals surface area contributed by atoms with Crippen LogP contribution in [0, 0.1) is 0 Å². The predicted molar refractivity (Wildman–Crippen MR) is 122 cm³/mol. The summed E-state index contributed by atoms with van der Waals surface area (Å²) < 4.78 is 7.68. The predicted octanol–water partition coefficient (Wildman–Crippen LogP) is 4.77. The van der Waals surface area contributed by atoms with Crippen LogP contribution in [0.25, 0.3) is 10.6 Å². The maximum atomic E-state index is 12.6. The molecule has 1 amide bonds. The Hall–Kier alpha value is -3.45. The summed E-state index contributed by atoms with van der Waals surface area (Å²) in [6.07, 6.45) is 5.62. The second kappa shape index (κ2) is 9.57. The van der Waals surface area contributed by atoms with Gasteiger partial charge in [0, 0.05) is 36.4 Å². The van der Waals surface area contributed by atoms with Crippen LogP contribution in [0.1, 0.15) is 35.5 Å². The lowest BCUT2D eigenvalue weighted by Gasteiger charge is -2.09. The average molecular weight is 433 g/mol. The quantitative estimate of drug-likeness (QED) is 0.435. The topological polar surface area (TPSA) is 69.0 Å². The molecule has 0 saturated heterocycles. The Morgan fingerprint density at radius 3 is 2.71 bits per heavy atom. The lowest BCUT2D eigenvalue weighted by molar-refractivity contribution is 0.0946. The molecule has 1 N–H and O–H groups in total. The number of ether oxygens (including phenoxy) is 1. The molecular weight excluding hydrogens is 408 g/mol. The number of thiazole rings is 1. The smallest absolute Gasteiger partial charge is 0.271 e. The first kappa shape index (κ1) is 20.8. The zero-order valence-corrected chi connectivity index (χ0v) is 18.3. The van der Waals surface area contributed by atoms with Crippen molar-refractivity contribution in [2.45, 2.75) is 33.0 Å². The Balaban J connectivity index is 1.36. The van der Waals surface area contributed by atoms with Gasteiger partial charge in [-0.25, -0.2) is 9.97 Å². The van der Waals surface area contributed by atoms with Crippen molar-refractivity contribution in [1.29, 1.82) is 0 Å². The largest absolute Gasteiger partial charge is 0.491 e. The molecule has 2 aromatic carbocycles. The number of hydrogen-bond acceptors (Lipinski definition) is 5. The fraction of sp³-hybridized carbons (Fsp3) is 0.208. The fourth-order valence-corrected chi connectivity index (χ4v) is 3.97. The molecule has 0 aliphatic carbocycles. The maximum Gasteiger partial charge on any atom is 0.271 e. The number of rotatable bonds is 8. The van der Waals surface area contributed by atoms with Crippen molar-refractivity contribution in [3.63, 3.8) is 0 Å². The van der Waals surface area contributed by atoms with E-state index in [1.165, 1.54) is 11.3 Å². The van der Waals surface area contributed by atoms with E-state index in [0.717, 1.165) is 34.0 Å². The lowest BCUT2D eigenvalue weighted by Crippen LogP contribution is -2.23. The zero-order chi connectivity index (χ0) is 21.6. The lowest BCUT2D eigenvalue weighted by atomic mass is 10.1. The summed E-state index contributed by atoms with van der Waals surface area (Å²) >= 11 is 1.46. The number of carbonyl (C=O) groups excluding carboxylic acids is 1. The molecule has 158 valence electrons. The number of amides is 1. The number of aromatic nitrogens is 3. The van der Waals surface area contributed by atoms with Crippen LogP contribution in [0.4, 0.5) is 0 Å². The van der Waals surface area contributed by atoms with Crippen LogP contribution in [0.3, 0.4) is 0 Å². The van der Waals surface area contributed by atoms with Crippen LogP contribution < -0.4 is 10.1 Å². The number of carbonyl (C=O) groups is 1. The van der Waals surface area contributed by atoms with Gasteiger partial charge in [0.25, 0.3) is 5.91 Å². The van der Waals surface area contributed by atoms with Crippen molar-refractivity contribution in [3.05, 3.63) is 89.5 Å². The Bertz CT molecular complexity index is 1130. The summed E-state index contributed by atoms with van der Waals surface area (Å²) in [6.45, 7) is 5.19. The van der Waals surface area contributed by atoms with E-state index >= 15 is 0 Å². The van der Waals surface area contributed by atoms with E-state index in [1.807, 2.05) is 61.0 Å². The number of nitrogens with one attached hydrogen (secondary N) is 1. The van der Waals surface area contributed by atoms with Gasteiger partial charge in [0.15, 0.2) is 0 Å². The molecule has 2 aromatic heterocycles. The van der Waals surface area contributed by atoms with Crippen molar-refractivity contribution >= 4 is 17.2 Å². The molecule has 2 heterocycles. The maximum absolute atomic E-state index is 12.6. The third kappa shape index (κ3) is 5.58. The van der Waals surface area contributed by atoms with Gasteiger partial charge in [0.1, 0.15) is 16.5 Å². The minimum absolute atomic E-state index is 0.132. The molecule has 7 heteroatoms. The highest BCUT2D eigenvalue weighted by molar-refractivity contribution is 7.13. The van der Waals surface area contributed by atoms with Gasteiger partial charge in [-0.05, 0) is 49.2 Å². The molecule has 0 radical (unpaired) electrons. The molecule has 0 unspecified atom stereocenters. The minimum Gasteiger partial charge on any atom is -0.491 e. The molecular formula is C24H24N4O2S. The van der Waals surface area contributed by atoms with Crippen LogP contribution in [0.5, 0.6) is 5.75 Å². The Morgan fingerprint density at radius 2 is 1.97 bits per heavy atom. The van der Waals surface area contributed by atoms with Crippen molar-refractivity contribution in [2.24, 2.45) is 0 Å². The van der Waals surface area contributed by atoms with Crippen LogP contribution in [0.2, 0.25) is 0 Å². The van der Waals surface area contributed by atoms with Gasteiger partial charge in [-0.3, -0.25) is 4.79 Å².